The molecule has 1 amide bonds. The third kappa shape index (κ3) is 4.65. The summed E-state index contributed by atoms with van der Waals surface area (Å²) in [6.45, 7) is 5.00. The molecule has 2 heterocycles. The molecule has 6 nitrogen and oxygen atoms in total. The van der Waals surface area contributed by atoms with E-state index in [2.05, 4.69) is 29.1 Å². The van der Waals surface area contributed by atoms with Gasteiger partial charge in [0.1, 0.15) is 11.7 Å². The van der Waals surface area contributed by atoms with Gasteiger partial charge in [-0.25, -0.2) is 4.98 Å². The quantitative estimate of drug-likeness (QED) is 0.776. The second-order valence-electron chi connectivity index (χ2n) is 8.01. The maximum absolute atomic E-state index is 13.2. The highest BCUT2D eigenvalue weighted by Crippen LogP contribution is 2.27. The maximum Gasteiger partial charge on any atom is 0.259 e. The molecular formula is C22H31N3O3. The van der Waals surface area contributed by atoms with Gasteiger partial charge in [-0.2, -0.15) is 0 Å². The molecule has 3 rings (SSSR count). The van der Waals surface area contributed by atoms with E-state index in [9.17, 15) is 9.90 Å². The fourth-order valence-electron chi connectivity index (χ4n) is 3.87. The molecule has 0 spiro atoms. The van der Waals surface area contributed by atoms with Crippen LogP contribution >= 0.6 is 0 Å². The summed E-state index contributed by atoms with van der Waals surface area (Å²) < 4.78 is 6.12. The number of nitrogens with one attached hydrogen (secondary N) is 1. The molecule has 0 saturated heterocycles. The summed E-state index contributed by atoms with van der Waals surface area (Å²) in [5.41, 5.74) is 1.16. The van der Waals surface area contributed by atoms with Crippen LogP contribution in [0, 0.1) is 23.7 Å². The molecule has 6 heteroatoms. The lowest BCUT2D eigenvalue weighted by molar-refractivity contribution is 0.0404. The number of aliphatic hydroxyl groups excluding tert-OH is 1. The first kappa shape index (κ1) is 20.6. The van der Waals surface area contributed by atoms with Crippen LogP contribution in [0.2, 0.25) is 0 Å². The van der Waals surface area contributed by atoms with Crippen molar-refractivity contribution < 1.29 is 14.6 Å². The van der Waals surface area contributed by atoms with Gasteiger partial charge in [0, 0.05) is 36.7 Å². The number of aromatic nitrogens is 1. The van der Waals surface area contributed by atoms with Gasteiger partial charge in [0.2, 0.25) is 5.88 Å². The smallest absolute Gasteiger partial charge is 0.259 e. The van der Waals surface area contributed by atoms with Crippen LogP contribution in [0.4, 0.5) is 0 Å². The summed E-state index contributed by atoms with van der Waals surface area (Å²) in [7, 11) is 1.88. The van der Waals surface area contributed by atoms with E-state index >= 15 is 0 Å². The fraction of sp³-hybridized carbons (Fsp3) is 0.636. The molecule has 1 aliphatic heterocycles. The zero-order valence-electron chi connectivity index (χ0n) is 17.1. The van der Waals surface area contributed by atoms with Crippen molar-refractivity contribution in [1.82, 2.24) is 15.2 Å². The standard InChI is InChI=1S/C22H31N3O3/c1-15-13-25(16(2)14-26)22(27)19-10-18(9-8-17-6-4-5-7-17)11-24-21(19)28-20(15)12-23-3/h10-11,15-17,20,23,26H,4-7,12-14H2,1-3H3/t15-,16-,20-/m0/s1. The van der Waals surface area contributed by atoms with E-state index in [4.69, 9.17) is 4.74 Å². The Morgan fingerprint density at radius 2 is 2.18 bits per heavy atom. The van der Waals surface area contributed by atoms with Gasteiger partial charge in [0.05, 0.1) is 12.6 Å². The van der Waals surface area contributed by atoms with Crippen molar-refractivity contribution in [3.8, 4) is 17.7 Å². The molecule has 0 aromatic carbocycles. The van der Waals surface area contributed by atoms with Crippen LogP contribution in [-0.2, 0) is 0 Å². The Morgan fingerprint density at radius 3 is 2.86 bits per heavy atom. The normalized spacial score (nSPS) is 23.9. The lowest BCUT2D eigenvalue weighted by Gasteiger charge is -2.36. The first-order chi connectivity index (χ1) is 13.5. The van der Waals surface area contributed by atoms with Gasteiger partial charge in [0.25, 0.3) is 5.91 Å². The topological polar surface area (TPSA) is 74.7 Å². The third-order valence-electron chi connectivity index (χ3n) is 5.70. The van der Waals surface area contributed by atoms with E-state index in [0.717, 1.165) is 18.4 Å². The van der Waals surface area contributed by atoms with E-state index in [1.807, 2.05) is 14.0 Å². The average Bonchev–Trinajstić information content (AvgIpc) is 3.22. The SMILES string of the molecule is CNC[C@@H]1Oc2ncc(C#CC3CCCC3)cc2C(=O)N([C@@H](C)CO)C[C@@H]1C. The molecule has 0 bridgehead atoms. The summed E-state index contributed by atoms with van der Waals surface area (Å²) in [4.78, 5) is 19.4. The van der Waals surface area contributed by atoms with Gasteiger partial charge >= 0.3 is 0 Å². The van der Waals surface area contributed by atoms with Crippen molar-refractivity contribution in [2.45, 2.75) is 51.7 Å². The number of hydrogen-bond donors (Lipinski definition) is 2. The number of carbonyl (C=O) groups is 1. The van der Waals surface area contributed by atoms with Crippen molar-refractivity contribution >= 4 is 5.91 Å². The first-order valence-corrected chi connectivity index (χ1v) is 10.3. The van der Waals surface area contributed by atoms with Crippen LogP contribution in [0.25, 0.3) is 0 Å². The lowest BCUT2D eigenvalue weighted by atomic mass is 10.00. The first-order valence-electron chi connectivity index (χ1n) is 10.3. The Bertz CT molecular complexity index is 749. The Morgan fingerprint density at radius 1 is 1.43 bits per heavy atom. The summed E-state index contributed by atoms with van der Waals surface area (Å²) in [6.07, 6.45) is 6.36. The molecule has 2 N–H and O–H groups in total. The minimum atomic E-state index is -0.274. The predicted octanol–water partition coefficient (Wildman–Crippen LogP) is 2.06. The number of carbonyl (C=O) groups excluding carboxylic acids is 1. The van der Waals surface area contributed by atoms with Gasteiger partial charge in [0.15, 0.2) is 0 Å². The number of hydrogen-bond acceptors (Lipinski definition) is 5. The zero-order chi connectivity index (χ0) is 20.1. The van der Waals surface area contributed by atoms with E-state index < -0.39 is 0 Å². The van der Waals surface area contributed by atoms with Crippen LogP contribution in [0.3, 0.4) is 0 Å². The van der Waals surface area contributed by atoms with Crippen molar-refractivity contribution in [1.29, 1.82) is 0 Å². The van der Waals surface area contributed by atoms with Crippen molar-refractivity contribution in [3.05, 3.63) is 23.4 Å². The molecule has 1 aliphatic carbocycles. The van der Waals surface area contributed by atoms with Crippen molar-refractivity contribution in [2.24, 2.45) is 11.8 Å². The number of rotatable bonds is 4. The lowest BCUT2D eigenvalue weighted by Crippen LogP contribution is -2.49. The van der Waals surface area contributed by atoms with Gasteiger partial charge in [-0.15, -0.1) is 0 Å². The molecule has 0 radical (unpaired) electrons. The number of amides is 1. The summed E-state index contributed by atoms with van der Waals surface area (Å²) >= 11 is 0. The largest absolute Gasteiger partial charge is 0.472 e. The van der Waals surface area contributed by atoms with Crippen LogP contribution in [0.15, 0.2) is 12.3 Å². The Hall–Kier alpha value is -2.10. The summed E-state index contributed by atoms with van der Waals surface area (Å²) in [5.74, 6) is 7.25. The minimum Gasteiger partial charge on any atom is -0.472 e. The van der Waals surface area contributed by atoms with Crippen molar-refractivity contribution in [3.63, 3.8) is 0 Å². The molecule has 28 heavy (non-hydrogen) atoms. The number of fused-ring (bicyclic) bond motifs is 1. The molecule has 3 atom stereocenters. The average molecular weight is 386 g/mol. The number of nitrogens with zero attached hydrogens (tertiary/aromatic N) is 2. The minimum absolute atomic E-state index is 0.0834. The van der Waals surface area contributed by atoms with E-state index in [0.29, 0.717) is 30.5 Å². The van der Waals surface area contributed by atoms with Gasteiger partial charge in [-0.05, 0) is 32.9 Å². The third-order valence-corrected chi connectivity index (χ3v) is 5.70. The van der Waals surface area contributed by atoms with Crippen LogP contribution in [0.5, 0.6) is 5.88 Å². The summed E-state index contributed by atoms with van der Waals surface area (Å²) in [6, 6.07) is 1.51. The van der Waals surface area contributed by atoms with Gasteiger partial charge in [-0.3, -0.25) is 4.79 Å². The molecule has 1 aromatic rings. The Kier molecular flexibility index (Phi) is 6.93. The monoisotopic (exact) mass is 385 g/mol. The van der Waals surface area contributed by atoms with E-state index in [-0.39, 0.29) is 30.6 Å². The number of aliphatic hydroxyl groups is 1. The second kappa shape index (κ2) is 9.40. The van der Waals surface area contributed by atoms with E-state index in [1.54, 1.807) is 17.2 Å². The maximum atomic E-state index is 13.2. The fourth-order valence-corrected chi connectivity index (χ4v) is 3.87. The Balaban J connectivity index is 1.95. The van der Waals surface area contributed by atoms with Crippen LogP contribution in [0.1, 0.15) is 55.5 Å². The second-order valence-corrected chi connectivity index (χ2v) is 8.01. The predicted molar refractivity (Wildman–Crippen MR) is 108 cm³/mol. The molecular weight excluding hydrogens is 354 g/mol. The highest BCUT2D eigenvalue weighted by molar-refractivity contribution is 5.97. The number of pyridine rings is 1. The molecule has 2 aliphatic rings. The number of likely N-dealkylation sites (N-methyl/N-ethyl adjacent to an activating group) is 1. The van der Waals surface area contributed by atoms with Crippen LogP contribution < -0.4 is 10.1 Å². The van der Waals surface area contributed by atoms with E-state index in [1.165, 1.54) is 12.8 Å². The highest BCUT2D eigenvalue weighted by atomic mass is 16.5. The Labute approximate surface area is 167 Å². The highest BCUT2D eigenvalue weighted by Gasteiger charge is 2.33. The van der Waals surface area contributed by atoms with Gasteiger partial charge in [-0.1, -0.05) is 31.6 Å². The molecule has 1 fully saturated rings. The van der Waals surface area contributed by atoms with Gasteiger partial charge < -0.3 is 20.1 Å². The van der Waals surface area contributed by atoms with Crippen molar-refractivity contribution in [2.75, 3.05) is 26.7 Å². The van der Waals surface area contributed by atoms with Crippen LogP contribution in [-0.4, -0.2) is 59.8 Å². The number of ether oxygens (including phenoxy) is 1. The molecule has 152 valence electrons. The molecule has 0 unspecified atom stereocenters. The summed E-state index contributed by atoms with van der Waals surface area (Å²) in [5, 5.41) is 12.8. The molecule has 1 aromatic heterocycles. The molecule has 1 saturated carbocycles. The zero-order valence-corrected chi connectivity index (χ0v) is 17.1.